The average molecular weight is 231 g/mol. The largest absolute Gasteiger partial charge is 0.481 e. The number of para-hydroxylation sites is 1. The smallest absolute Gasteiger partial charge is 0.148 e. The van der Waals surface area contributed by atoms with Crippen LogP contribution in [-0.2, 0) is 6.54 Å². The molecule has 1 N–H and O–H groups in total. The van der Waals surface area contributed by atoms with Crippen LogP contribution in [0.4, 0.5) is 0 Å². The third-order valence-corrected chi connectivity index (χ3v) is 2.90. The Labute approximate surface area is 104 Å². The van der Waals surface area contributed by atoms with Crippen LogP contribution in [0, 0.1) is 18.3 Å². The van der Waals surface area contributed by atoms with E-state index in [1.165, 1.54) is 0 Å². The average Bonchev–Trinajstić information content (AvgIpc) is 2.34. The minimum absolute atomic E-state index is 0.316. The molecule has 0 spiro atoms. The summed E-state index contributed by atoms with van der Waals surface area (Å²) in [6.07, 6.45) is 5.20. The number of benzene rings is 1. The number of hydrogen-bond donors (Lipinski definition) is 1. The first kappa shape index (κ1) is 13.6. The van der Waals surface area contributed by atoms with Crippen molar-refractivity contribution in [3.05, 3.63) is 29.8 Å². The minimum atomic E-state index is 0.316. The van der Waals surface area contributed by atoms with Crippen molar-refractivity contribution in [1.82, 2.24) is 5.32 Å². The summed E-state index contributed by atoms with van der Waals surface area (Å²) >= 11 is 0. The number of rotatable bonds is 6. The van der Waals surface area contributed by atoms with Gasteiger partial charge in [-0.05, 0) is 18.9 Å². The van der Waals surface area contributed by atoms with Gasteiger partial charge in [0.15, 0.2) is 0 Å². The van der Waals surface area contributed by atoms with Crippen molar-refractivity contribution in [1.29, 1.82) is 0 Å². The maximum Gasteiger partial charge on any atom is 0.148 e. The molecular formula is C15H21NO. The normalized spacial score (nSPS) is 12.2. The SMILES string of the molecule is C#CCOc1ccccc1CNC(C)C(C)C. The molecule has 92 valence electrons. The molecule has 0 saturated carbocycles. The topological polar surface area (TPSA) is 21.3 Å². The van der Waals surface area contributed by atoms with Crippen LogP contribution < -0.4 is 10.1 Å². The molecule has 0 radical (unpaired) electrons. The Morgan fingerprint density at radius 2 is 2.00 bits per heavy atom. The second-order valence-electron chi connectivity index (χ2n) is 4.51. The first-order valence-corrected chi connectivity index (χ1v) is 6.02. The summed E-state index contributed by atoms with van der Waals surface area (Å²) in [6, 6.07) is 8.47. The molecule has 0 heterocycles. The first-order chi connectivity index (χ1) is 8.15. The third-order valence-electron chi connectivity index (χ3n) is 2.90. The van der Waals surface area contributed by atoms with Gasteiger partial charge in [0.1, 0.15) is 12.4 Å². The standard InChI is InChI=1S/C15H21NO/c1-5-10-17-15-9-7-6-8-14(15)11-16-13(4)12(2)3/h1,6-9,12-13,16H,10-11H2,2-4H3. The third kappa shape index (κ3) is 4.50. The molecule has 0 bridgehead atoms. The zero-order chi connectivity index (χ0) is 12.7. The van der Waals surface area contributed by atoms with Crippen molar-refractivity contribution in [2.75, 3.05) is 6.61 Å². The van der Waals surface area contributed by atoms with Crippen molar-refractivity contribution >= 4 is 0 Å². The molecule has 0 amide bonds. The molecule has 0 fully saturated rings. The zero-order valence-corrected chi connectivity index (χ0v) is 10.9. The maximum absolute atomic E-state index is 5.50. The Bertz CT molecular complexity index is 379. The number of ether oxygens (including phenoxy) is 1. The lowest BCUT2D eigenvalue weighted by molar-refractivity contribution is 0.360. The van der Waals surface area contributed by atoms with Crippen molar-refractivity contribution < 1.29 is 4.74 Å². The van der Waals surface area contributed by atoms with Gasteiger partial charge >= 0.3 is 0 Å². The van der Waals surface area contributed by atoms with Gasteiger partial charge in [0.05, 0.1) is 0 Å². The maximum atomic E-state index is 5.50. The molecule has 1 unspecified atom stereocenters. The van der Waals surface area contributed by atoms with Crippen molar-refractivity contribution in [3.63, 3.8) is 0 Å². The molecule has 17 heavy (non-hydrogen) atoms. The van der Waals surface area contributed by atoms with E-state index in [1.807, 2.05) is 18.2 Å². The fourth-order valence-electron chi connectivity index (χ4n) is 1.42. The van der Waals surface area contributed by atoms with Gasteiger partial charge in [-0.3, -0.25) is 0 Å². The molecule has 0 aliphatic heterocycles. The zero-order valence-electron chi connectivity index (χ0n) is 10.9. The Kier molecular flexibility index (Phi) is 5.59. The van der Waals surface area contributed by atoms with Gasteiger partial charge in [-0.2, -0.15) is 0 Å². The van der Waals surface area contributed by atoms with Gasteiger partial charge < -0.3 is 10.1 Å². The van der Waals surface area contributed by atoms with Crippen LogP contribution in [0.2, 0.25) is 0 Å². The highest BCUT2D eigenvalue weighted by Gasteiger charge is 2.08. The van der Waals surface area contributed by atoms with Gasteiger partial charge in [0, 0.05) is 18.2 Å². The van der Waals surface area contributed by atoms with Crippen molar-refractivity contribution in [2.45, 2.75) is 33.4 Å². The van der Waals surface area contributed by atoms with Crippen LogP contribution >= 0.6 is 0 Å². The summed E-state index contributed by atoms with van der Waals surface area (Å²) in [4.78, 5) is 0. The summed E-state index contributed by atoms with van der Waals surface area (Å²) < 4.78 is 5.50. The van der Waals surface area contributed by atoms with Crippen molar-refractivity contribution in [2.24, 2.45) is 5.92 Å². The molecule has 1 atom stereocenters. The van der Waals surface area contributed by atoms with E-state index in [2.05, 4.69) is 38.1 Å². The van der Waals surface area contributed by atoms with Crippen LogP contribution in [0.5, 0.6) is 5.75 Å². The van der Waals surface area contributed by atoms with Crippen LogP contribution in [0.3, 0.4) is 0 Å². The summed E-state index contributed by atoms with van der Waals surface area (Å²) in [5, 5.41) is 3.48. The van der Waals surface area contributed by atoms with E-state index in [-0.39, 0.29) is 0 Å². The summed E-state index contributed by atoms with van der Waals surface area (Å²) in [5.41, 5.74) is 1.15. The Balaban J connectivity index is 2.61. The number of terminal acetylenes is 1. The van der Waals surface area contributed by atoms with E-state index in [0.717, 1.165) is 17.9 Å². The monoisotopic (exact) mass is 231 g/mol. The number of nitrogens with one attached hydrogen (secondary N) is 1. The summed E-state index contributed by atoms with van der Waals surface area (Å²) in [6.45, 7) is 7.73. The second kappa shape index (κ2) is 6.98. The molecule has 2 nitrogen and oxygen atoms in total. The lowest BCUT2D eigenvalue weighted by Crippen LogP contribution is -2.30. The highest BCUT2D eigenvalue weighted by Crippen LogP contribution is 2.18. The van der Waals surface area contributed by atoms with Gasteiger partial charge in [-0.1, -0.05) is 38.0 Å². The van der Waals surface area contributed by atoms with E-state index < -0.39 is 0 Å². The fourth-order valence-corrected chi connectivity index (χ4v) is 1.42. The molecule has 0 aliphatic rings. The molecule has 1 aromatic rings. The van der Waals surface area contributed by atoms with Gasteiger partial charge in [-0.25, -0.2) is 0 Å². The van der Waals surface area contributed by atoms with E-state index in [1.54, 1.807) is 0 Å². The summed E-state index contributed by atoms with van der Waals surface area (Å²) in [5.74, 6) is 3.97. The highest BCUT2D eigenvalue weighted by molar-refractivity contribution is 5.33. The highest BCUT2D eigenvalue weighted by atomic mass is 16.5. The van der Waals surface area contributed by atoms with E-state index >= 15 is 0 Å². The Morgan fingerprint density at radius 1 is 1.29 bits per heavy atom. The van der Waals surface area contributed by atoms with Crippen LogP contribution in [0.25, 0.3) is 0 Å². The number of hydrogen-bond acceptors (Lipinski definition) is 2. The quantitative estimate of drug-likeness (QED) is 0.760. The summed E-state index contributed by atoms with van der Waals surface area (Å²) in [7, 11) is 0. The van der Waals surface area contributed by atoms with Crippen LogP contribution in [0.15, 0.2) is 24.3 Å². The van der Waals surface area contributed by atoms with Crippen molar-refractivity contribution in [3.8, 4) is 18.1 Å². The molecule has 2 heteroatoms. The first-order valence-electron chi connectivity index (χ1n) is 6.02. The van der Waals surface area contributed by atoms with Crippen LogP contribution in [0.1, 0.15) is 26.3 Å². The van der Waals surface area contributed by atoms with Gasteiger partial charge in [0.2, 0.25) is 0 Å². The molecule has 1 aromatic carbocycles. The second-order valence-corrected chi connectivity index (χ2v) is 4.51. The predicted molar refractivity (Wildman–Crippen MR) is 71.9 cm³/mol. The van der Waals surface area contributed by atoms with Gasteiger partial charge in [-0.15, -0.1) is 6.42 Å². The molecule has 0 aliphatic carbocycles. The van der Waals surface area contributed by atoms with E-state index in [9.17, 15) is 0 Å². The Morgan fingerprint density at radius 3 is 2.65 bits per heavy atom. The Hall–Kier alpha value is -1.46. The molecular weight excluding hydrogens is 210 g/mol. The lowest BCUT2D eigenvalue weighted by atomic mass is 10.1. The fraction of sp³-hybridized carbons (Fsp3) is 0.467. The molecule has 0 aromatic heterocycles. The van der Waals surface area contributed by atoms with E-state index in [0.29, 0.717) is 18.6 Å². The lowest BCUT2D eigenvalue weighted by Gasteiger charge is -2.18. The molecule has 0 saturated heterocycles. The van der Waals surface area contributed by atoms with Crippen LogP contribution in [-0.4, -0.2) is 12.6 Å². The minimum Gasteiger partial charge on any atom is -0.481 e. The van der Waals surface area contributed by atoms with E-state index in [4.69, 9.17) is 11.2 Å². The predicted octanol–water partition coefficient (Wildman–Crippen LogP) is 2.83. The molecule has 1 rings (SSSR count). The van der Waals surface area contributed by atoms with Gasteiger partial charge in [0.25, 0.3) is 0 Å².